The van der Waals surface area contributed by atoms with E-state index in [9.17, 15) is 19.0 Å². The molecule has 25 heteroatoms. The minimum absolute atomic E-state index is 0.0164. The lowest BCUT2D eigenvalue weighted by Gasteiger charge is -2.31. The van der Waals surface area contributed by atoms with Gasteiger partial charge in [-0.25, -0.2) is 13.9 Å². The smallest absolute Gasteiger partial charge is 0.349 e. The Kier molecular flexibility index (Phi) is 7.56. The quantitative estimate of drug-likeness (QED) is 0.189. The largest absolute Gasteiger partial charge is 0.386 e. The van der Waals surface area contributed by atoms with Gasteiger partial charge in [-0.15, -0.1) is 5.10 Å². The number of aliphatic imine (C=N–C) groups is 2. The summed E-state index contributed by atoms with van der Waals surface area (Å²) in [5.41, 5.74) is -0.892. The summed E-state index contributed by atoms with van der Waals surface area (Å²) in [5, 5.41) is 17.5. The molecule has 1 amide bonds. The number of guanidine groups is 1. The van der Waals surface area contributed by atoms with Crippen LogP contribution < -0.4 is 10.9 Å². The Hall–Kier alpha value is -2.56. The molecule has 5 aliphatic rings. The fourth-order valence-corrected chi connectivity index (χ4v) is 8.17. The number of halogens is 1. The van der Waals surface area contributed by atoms with Crippen LogP contribution in [0.2, 0.25) is 0 Å². The van der Waals surface area contributed by atoms with Crippen molar-refractivity contribution in [3.63, 3.8) is 0 Å². The topological polar surface area (TPSA) is 250 Å². The van der Waals surface area contributed by atoms with Gasteiger partial charge in [0, 0.05) is 6.42 Å². The number of fused-ring (bicyclic) bond motifs is 5. The lowest BCUT2D eigenvalue weighted by Crippen LogP contribution is -2.52. The van der Waals surface area contributed by atoms with Crippen molar-refractivity contribution in [1.29, 1.82) is 5.41 Å². The van der Waals surface area contributed by atoms with E-state index in [0.717, 1.165) is 11.0 Å². The number of amides is 1. The number of nitrogens with zero attached hydrogens (tertiary/aromatic N) is 7. The second-order valence-electron chi connectivity index (χ2n) is 9.96. The van der Waals surface area contributed by atoms with E-state index >= 15 is 4.39 Å². The van der Waals surface area contributed by atoms with E-state index < -0.39 is 86.6 Å². The molecule has 7 heterocycles. The summed E-state index contributed by atoms with van der Waals surface area (Å²) in [4.78, 5) is 51.1. The molecule has 2 bridgehead atoms. The molecule has 0 saturated carbocycles. The number of alkyl halides is 1. The van der Waals surface area contributed by atoms with Gasteiger partial charge in [0.05, 0.1) is 32.0 Å². The zero-order valence-corrected chi connectivity index (χ0v) is 25.3. The third-order valence-electron chi connectivity index (χ3n) is 7.11. The van der Waals surface area contributed by atoms with Gasteiger partial charge >= 0.3 is 13.5 Å². The first-order valence-corrected chi connectivity index (χ1v) is 18.0. The maximum atomic E-state index is 15.9. The van der Waals surface area contributed by atoms with Crippen LogP contribution in [0.25, 0.3) is 11.2 Å². The Labute approximate surface area is 254 Å². The lowest BCUT2D eigenvalue weighted by molar-refractivity contribution is -0.119. The van der Waals surface area contributed by atoms with E-state index in [-0.39, 0.29) is 30.0 Å². The van der Waals surface area contributed by atoms with E-state index in [2.05, 4.69) is 47.8 Å². The third kappa shape index (κ3) is 5.45. The molecular weight excluding hydrogens is 673 g/mol. The van der Waals surface area contributed by atoms with Crippen LogP contribution in [-0.2, 0) is 48.7 Å². The second-order valence-corrected chi connectivity index (χ2v) is 15.6. The van der Waals surface area contributed by atoms with Gasteiger partial charge < -0.3 is 23.9 Å². The number of H-pyrrole nitrogens is 1. The molecule has 0 radical (unpaired) electrons. The highest BCUT2D eigenvalue weighted by atomic mass is 32.7. The molecule has 0 aromatic carbocycles. The number of rotatable bonds is 2. The summed E-state index contributed by atoms with van der Waals surface area (Å²) in [6, 6.07) is -1.04. The van der Waals surface area contributed by atoms with Gasteiger partial charge in [-0.1, -0.05) is 17.5 Å². The number of nitrogens with one attached hydrogen (secondary N) is 3. The molecule has 3 unspecified atom stereocenters. The summed E-state index contributed by atoms with van der Waals surface area (Å²) >= 11 is 9.24. The van der Waals surface area contributed by atoms with Gasteiger partial charge in [0.1, 0.15) is 18.3 Å². The number of ether oxygens (including phenoxy) is 2. The fraction of sp³-hybridized carbons (Fsp3) is 0.579. The molecule has 10 atom stereocenters. The zero-order chi connectivity index (χ0) is 31.0. The van der Waals surface area contributed by atoms with Crippen LogP contribution in [0.5, 0.6) is 0 Å². The van der Waals surface area contributed by atoms with Crippen LogP contribution in [0.4, 0.5) is 4.39 Å². The average Bonchev–Trinajstić information content (AvgIpc) is 3.72. The Morgan fingerprint density at radius 3 is 2.82 bits per heavy atom. The number of hydrogen-bond donors (Lipinski definition) is 5. The molecule has 0 aliphatic carbocycles. The number of thiol groups is 1. The number of carbonyl (C=O) groups excluding carboxylic acids is 1. The number of hydrogen-bond acceptors (Lipinski definition) is 16. The number of aromatic amines is 1. The summed E-state index contributed by atoms with van der Waals surface area (Å²) in [6.45, 7) is -9.42. The predicted molar refractivity (Wildman–Crippen MR) is 150 cm³/mol. The van der Waals surface area contributed by atoms with Gasteiger partial charge in [-0.3, -0.25) is 43.8 Å². The van der Waals surface area contributed by atoms with Crippen LogP contribution in [0, 0.1) is 5.41 Å². The summed E-state index contributed by atoms with van der Waals surface area (Å²) in [7, 11) is 0. The molecule has 44 heavy (non-hydrogen) atoms. The second kappa shape index (κ2) is 11.1. The SMILES string of the molecule is N=C1N=C2C(N=CN2[C@@H]2O[C@@H]3COP(O)(=S)O[C@H]4[C@H](F)[C@H](n5nnc6c(=O)[nH]cnc65)O[C@@H]4COP(=O)(S)O[C@@H]2C3)C(=O)N1. The van der Waals surface area contributed by atoms with E-state index in [1.165, 1.54) is 11.2 Å². The molecule has 2 aromatic heterocycles. The van der Waals surface area contributed by atoms with E-state index in [4.69, 9.17) is 44.8 Å². The molecule has 0 spiro atoms. The average molecular weight is 695 g/mol. The van der Waals surface area contributed by atoms with Crippen LogP contribution in [0.15, 0.2) is 21.1 Å². The number of aromatic nitrogens is 5. The first kappa shape index (κ1) is 30.1. The highest BCUT2D eigenvalue weighted by Crippen LogP contribution is 2.57. The lowest BCUT2D eigenvalue weighted by atomic mass is 10.1. The van der Waals surface area contributed by atoms with Gasteiger partial charge in [0.15, 0.2) is 41.7 Å². The number of amidine groups is 1. The van der Waals surface area contributed by atoms with Crippen molar-refractivity contribution in [2.24, 2.45) is 9.98 Å². The molecule has 236 valence electrons. The summed E-state index contributed by atoms with van der Waals surface area (Å²) < 4.78 is 64.4. The Balaban J connectivity index is 1.16. The molecule has 5 aliphatic heterocycles. The minimum atomic E-state index is -4.25. The van der Waals surface area contributed by atoms with Crippen molar-refractivity contribution in [3.05, 3.63) is 16.7 Å². The van der Waals surface area contributed by atoms with Crippen molar-refractivity contribution >= 4 is 72.8 Å². The van der Waals surface area contributed by atoms with Gasteiger partial charge in [-0.2, -0.15) is 9.67 Å². The van der Waals surface area contributed by atoms with E-state index in [1.54, 1.807) is 0 Å². The Morgan fingerprint density at radius 1 is 1.18 bits per heavy atom. The summed E-state index contributed by atoms with van der Waals surface area (Å²) in [6.07, 6.45) is -7.27. The normalized spacial score (nSPS) is 41.0. The first-order valence-electron chi connectivity index (χ1n) is 12.7. The molecule has 2 aromatic rings. The van der Waals surface area contributed by atoms with Crippen LogP contribution >= 0.6 is 25.8 Å². The van der Waals surface area contributed by atoms with Gasteiger partial charge in [0.2, 0.25) is 5.96 Å². The highest BCUT2D eigenvalue weighted by Gasteiger charge is 2.53. The molecule has 7 rings (SSSR count). The monoisotopic (exact) mass is 694 g/mol. The minimum Gasteiger partial charge on any atom is -0.349 e. The van der Waals surface area contributed by atoms with Crippen LogP contribution in [0.3, 0.4) is 0 Å². The van der Waals surface area contributed by atoms with E-state index in [1.807, 2.05) is 0 Å². The molecule has 3 fully saturated rings. The standard InChI is InChI=1S/C19H21FN10O10P2S2/c20-9-12-8(38-18(9)30-13-11(27-28-30)15(31)23-4-22-13)3-36-41(33,43)39-7-1-6(2-35-42(34,44)40-12)37-17(7)29-5-24-10-14(29)25-19(21)26-16(10)32/h4-10,12,17-18H,1-3H2,(H,33,43)(H,34,44)(H2,21,26,32)(H,22,23,31)/t6-,7+,8+,9-,10?,12+,17+,18+,41?,42?/m0/s1. The van der Waals surface area contributed by atoms with Crippen molar-refractivity contribution in [3.8, 4) is 0 Å². The molecule has 4 N–H and O–H groups in total. The third-order valence-corrected chi connectivity index (χ3v) is 10.3. The molecule has 20 nitrogen and oxygen atoms in total. The molecule has 3 saturated heterocycles. The van der Waals surface area contributed by atoms with Crippen molar-refractivity contribution < 1.29 is 46.2 Å². The number of carbonyl (C=O) groups is 1. The maximum absolute atomic E-state index is 15.9. The van der Waals surface area contributed by atoms with E-state index in [0.29, 0.717) is 0 Å². The van der Waals surface area contributed by atoms with Gasteiger partial charge in [0.25, 0.3) is 11.5 Å². The van der Waals surface area contributed by atoms with Crippen molar-refractivity contribution in [2.75, 3.05) is 13.2 Å². The Morgan fingerprint density at radius 2 is 2.00 bits per heavy atom. The van der Waals surface area contributed by atoms with Crippen LogP contribution in [-0.4, -0.2) is 115 Å². The summed E-state index contributed by atoms with van der Waals surface area (Å²) in [5.74, 6) is -0.910. The molecular formula is C19H21FN10O10P2S2. The van der Waals surface area contributed by atoms with Crippen molar-refractivity contribution in [1.82, 2.24) is 35.2 Å². The van der Waals surface area contributed by atoms with Gasteiger partial charge in [-0.05, 0) is 11.8 Å². The Bertz CT molecular complexity index is 1760. The van der Waals surface area contributed by atoms with Crippen molar-refractivity contribution in [2.45, 2.75) is 55.5 Å². The maximum Gasteiger partial charge on any atom is 0.386 e. The van der Waals surface area contributed by atoms with Crippen LogP contribution in [0.1, 0.15) is 12.6 Å². The first-order chi connectivity index (χ1) is 20.9. The fourth-order valence-electron chi connectivity index (χ4n) is 5.23. The predicted octanol–water partition coefficient (Wildman–Crippen LogP) is -0.887. The zero-order valence-electron chi connectivity index (χ0n) is 21.8. The highest BCUT2D eigenvalue weighted by molar-refractivity contribution is 8.44.